The predicted molar refractivity (Wildman–Crippen MR) is 76.1 cm³/mol. The molecule has 1 fully saturated rings. The Balaban J connectivity index is 1.78. The lowest BCUT2D eigenvalue weighted by atomic mass is 9.73. The fraction of sp³-hybridized carbons (Fsp3) is 0.533. The Bertz CT molecular complexity index is 422. The summed E-state index contributed by atoms with van der Waals surface area (Å²) in [5.74, 6) is 1.84. The molecule has 4 nitrogen and oxygen atoms in total. The summed E-state index contributed by atoms with van der Waals surface area (Å²) in [6, 6.07) is 8.23. The highest BCUT2D eigenvalue weighted by atomic mass is 16.5. The van der Waals surface area contributed by atoms with Gasteiger partial charge in [0.2, 0.25) is 0 Å². The molecule has 0 saturated heterocycles. The van der Waals surface area contributed by atoms with Crippen molar-refractivity contribution >= 4 is 11.6 Å². The largest absolute Gasteiger partial charge is 0.484 e. The molecule has 0 atom stereocenters. The smallest absolute Gasteiger partial charge is 0.255 e. The van der Waals surface area contributed by atoms with Crippen LogP contribution in [0.1, 0.15) is 26.7 Å². The van der Waals surface area contributed by atoms with Crippen molar-refractivity contribution in [2.24, 2.45) is 17.6 Å². The van der Waals surface area contributed by atoms with Gasteiger partial charge in [0.1, 0.15) is 5.75 Å². The fourth-order valence-corrected chi connectivity index (χ4v) is 2.36. The van der Waals surface area contributed by atoms with Gasteiger partial charge in [0.15, 0.2) is 6.61 Å². The zero-order valence-corrected chi connectivity index (χ0v) is 11.6. The minimum Gasteiger partial charge on any atom is -0.484 e. The van der Waals surface area contributed by atoms with Gasteiger partial charge >= 0.3 is 0 Å². The highest BCUT2D eigenvalue weighted by Crippen LogP contribution is 2.35. The van der Waals surface area contributed by atoms with E-state index in [0.717, 1.165) is 17.5 Å². The van der Waals surface area contributed by atoms with E-state index in [4.69, 9.17) is 10.5 Å². The second kappa shape index (κ2) is 5.95. The van der Waals surface area contributed by atoms with E-state index in [1.54, 1.807) is 0 Å². The number of carbonyl (C=O) groups is 1. The first-order valence-electron chi connectivity index (χ1n) is 6.82. The number of amides is 1. The van der Waals surface area contributed by atoms with Crippen LogP contribution in [0.4, 0.5) is 5.69 Å². The first kappa shape index (κ1) is 13.7. The molecule has 1 aromatic rings. The lowest BCUT2D eigenvalue weighted by molar-refractivity contribution is -0.119. The highest BCUT2D eigenvalue weighted by Gasteiger charge is 2.30. The molecule has 1 saturated carbocycles. The molecule has 19 heavy (non-hydrogen) atoms. The number of hydrogen-bond acceptors (Lipinski definition) is 3. The van der Waals surface area contributed by atoms with Crippen molar-refractivity contribution in [2.45, 2.75) is 32.7 Å². The molecule has 0 aliphatic heterocycles. The maximum Gasteiger partial charge on any atom is 0.255 e. The molecular formula is C15H22N2O2. The summed E-state index contributed by atoms with van der Waals surface area (Å²) in [5.41, 5.74) is 6.12. The molecule has 104 valence electrons. The monoisotopic (exact) mass is 262 g/mol. The van der Waals surface area contributed by atoms with Gasteiger partial charge in [0, 0.05) is 11.7 Å². The SMILES string of the molecule is CC(C)C1CC(Nc2ccc(OCC(N)=O)cc2)C1. The Morgan fingerprint density at radius 1 is 1.37 bits per heavy atom. The lowest BCUT2D eigenvalue weighted by Crippen LogP contribution is -2.37. The van der Waals surface area contributed by atoms with E-state index in [9.17, 15) is 4.79 Å². The van der Waals surface area contributed by atoms with Crippen molar-refractivity contribution in [3.05, 3.63) is 24.3 Å². The van der Waals surface area contributed by atoms with Gasteiger partial charge in [0.05, 0.1) is 0 Å². The molecule has 4 heteroatoms. The first-order valence-corrected chi connectivity index (χ1v) is 6.82. The summed E-state index contributed by atoms with van der Waals surface area (Å²) < 4.78 is 5.21. The van der Waals surface area contributed by atoms with Crippen LogP contribution in [0, 0.1) is 11.8 Å². The third kappa shape index (κ3) is 3.88. The molecule has 1 aliphatic carbocycles. The van der Waals surface area contributed by atoms with Gasteiger partial charge in [-0.3, -0.25) is 4.79 Å². The molecule has 0 unspecified atom stereocenters. The zero-order valence-electron chi connectivity index (χ0n) is 11.6. The first-order chi connectivity index (χ1) is 9.04. The highest BCUT2D eigenvalue weighted by molar-refractivity contribution is 5.75. The predicted octanol–water partition coefficient (Wildman–Crippen LogP) is 2.40. The molecule has 0 spiro atoms. The van der Waals surface area contributed by atoms with Crippen molar-refractivity contribution in [3.63, 3.8) is 0 Å². The van der Waals surface area contributed by atoms with Gasteiger partial charge in [-0.1, -0.05) is 13.8 Å². The number of anilines is 1. The summed E-state index contributed by atoms with van der Waals surface area (Å²) in [6.45, 7) is 4.49. The van der Waals surface area contributed by atoms with Crippen LogP contribution in [0.2, 0.25) is 0 Å². The summed E-state index contributed by atoms with van der Waals surface area (Å²) in [6.07, 6.45) is 2.50. The summed E-state index contributed by atoms with van der Waals surface area (Å²) in [7, 11) is 0. The standard InChI is InChI=1S/C15H22N2O2/c1-10(2)11-7-13(8-11)17-12-3-5-14(6-4-12)19-9-15(16)18/h3-6,10-11,13,17H,7-9H2,1-2H3,(H2,16,18). The summed E-state index contributed by atoms with van der Waals surface area (Å²) in [5, 5.41) is 3.51. The van der Waals surface area contributed by atoms with Gasteiger partial charge in [-0.25, -0.2) is 0 Å². The van der Waals surface area contributed by atoms with Crippen molar-refractivity contribution in [1.82, 2.24) is 0 Å². The number of nitrogens with one attached hydrogen (secondary N) is 1. The number of nitrogens with two attached hydrogens (primary N) is 1. The van der Waals surface area contributed by atoms with E-state index < -0.39 is 5.91 Å². The van der Waals surface area contributed by atoms with E-state index >= 15 is 0 Å². The number of hydrogen-bond donors (Lipinski definition) is 2. The normalized spacial score (nSPS) is 21.8. The molecule has 1 aliphatic rings. The van der Waals surface area contributed by atoms with Gasteiger partial charge in [0.25, 0.3) is 5.91 Å². The minimum absolute atomic E-state index is 0.0779. The van der Waals surface area contributed by atoms with E-state index in [0.29, 0.717) is 11.8 Å². The van der Waals surface area contributed by atoms with Gasteiger partial charge in [-0.05, 0) is 48.9 Å². The van der Waals surface area contributed by atoms with Crippen LogP contribution >= 0.6 is 0 Å². The molecule has 3 N–H and O–H groups in total. The van der Waals surface area contributed by atoms with Crippen molar-refractivity contribution < 1.29 is 9.53 Å². The van der Waals surface area contributed by atoms with Crippen LogP contribution in [0.3, 0.4) is 0 Å². The second-order valence-corrected chi connectivity index (χ2v) is 5.60. The van der Waals surface area contributed by atoms with E-state index in [1.807, 2.05) is 24.3 Å². The van der Waals surface area contributed by atoms with Gasteiger partial charge < -0.3 is 15.8 Å². The topological polar surface area (TPSA) is 64.3 Å². The Morgan fingerprint density at radius 3 is 2.53 bits per heavy atom. The van der Waals surface area contributed by atoms with Crippen LogP contribution < -0.4 is 15.8 Å². The minimum atomic E-state index is -0.462. The number of carbonyl (C=O) groups excluding carboxylic acids is 1. The molecule has 0 radical (unpaired) electrons. The van der Waals surface area contributed by atoms with Gasteiger partial charge in [-0.2, -0.15) is 0 Å². The number of benzene rings is 1. The lowest BCUT2D eigenvalue weighted by Gasteiger charge is -2.39. The third-order valence-electron chi connectivity index (χ3n) is 3.72. The third-order valence-corrected chi connectivity index (χ3v) is 3.72. The van der Waals surface area contributed by atoms with Crippen LogP contribution in [0.5, 0.6) is 5.75 Å². The van der Waals surface area contributed by atoms with Crippen molar-refractivity contribution in [1.29, 1.82) is 0 Å². The van der Waals surface area contributed by atoms with Crippen molar-refractivity contribution in [3.8, 4) is 5.75 Å². The van der Waals surface area contributed by atoms with Crippen LogP contribution in [-0.2, 0) is 4.79 Å². The molecule has 2 rings (SSSR count). The molecule has 1 amide bonds. The van der Waals surface area contributed by atoms with E-state index in [2.05, 4.69) is 19.2 Å². The molecule has 1 aromatic carbocycles. The average Bonchev–Trinajstić information content (AvgIpc) is 2.31. The zero-order chi connectivity index (χ0) is 13.8. The number of primary amides is 1. The molecule has 0 aromatic heterocycles. The summed E-state index contributed by atoms with van der Waals surface area (Å²) in [4.78, 5) is 10.6. The molecule has 0 heterocycles. The Kier molecular flexibility index (Phi) is 4.30. The Morgan fingerprint density at radius 2 is 2.00 bits per heavy atom. The average molecular weight is 262 g/mol. The quantitative estimate of drug-likeness (QED) is 0.827. The van der Waals surface area contributed by atoms with Gasteiger partial charge in [-0.15, -0.1) is 0 Å². The number of ether oxygens (including phenoxy) is 1. The van der Waals surface area contributed by atoms with E-state index in [-0.39, 0.29) is 6.61 Å². The Hall–Kier alpha value is -1.71. The van der Waals surface area contributed by atoms with Crippen LogP contribution in [0.15, 0.2) is 24.3 Å². The molecule has 0 bridgehead atoms. The second-order valence-electron chi connectivity index (χ2n) is 5.60. The van der Waals surface area contributed by atoms with Crippen molar-refractivity contribution in [2.75, 3.05) is 11.9 Å². The maximum atomic E-state index is 10.6. The number of rotatable bonds is 6. The fourth-order valence-electron chi connectivity index (χ4n) is 2.36. The molecular weight excluding hydrogens is 240 g/mol. The maximum absolute atomic E-state index is 10.6. The Labute approximate surface area is 114 Å². The summed E-state index contributed by atoms with van der Waals surface area (Å²) >= 11 is 0. The van der Waals surface area contributed by atoms with Crippen LogP contribution in [0.25, 0.3) is 0 Å². The van der Waals surface area contributed by atoms with E-state index in [1.165, 1.54) is 12.8 Å². The van der Waals surface area contributed by atoms with Crippen LogP contribution in [-0.4, -0.2) is 18.6 Å².